The molecule has 2 aromatic rings. The fraction of sp³-hybridized carbons (Fsp3) is 0.524. The average molecular weight is 398 g/mol. The highest BCUT2D eigenvalue weighted by Gasteiger charge is 2.24. The van der Waals surface area contributed by atoms with Crippen molar-refractivity contribution in [3.05, 3.63) is 47.0 Å². The van der Waals surface area contributed by atoms with E-state index >= 15 is 0 Å². The molecule has 1 aromatic carbocycles. The number of carbonyl (C=O) groups excluding carboxylic acids is 1. The van der Waals surface area contributed by atoms with Crippen LogP contribution in [0.4, 0.5) is 0 Å². The summed E-state index contributed by atoms with van der Waals surface area (Å²) in [6.07, 6.45) is 2.85. The molecule has 0 spiro atoms. The van der Waals surface area contributed by atoms with Crippen LogP contribution in [0.5, 0.6) is 0 Å². The first kappa shape index (κ1) is 20.8. The molecule has 0 aliphatic carbocycles. The molecule has 1 aliphatic heterocycles. The third-order valence-corrected chi connectivity index (χ3v) is 4.89. The van der Waals surface area contributed by atoms with Gasteiger partial charge in [-0.25, -0.2) is 9.67 Å². The lowest BCUT2D eigenvalue weighted by Gasteiger charge is -2.25. The Balaban J connectivity index is 1.65. The van der Waals surface area contributed by atoms with Gasteiger partial charge in [-0.1, -0.05) is 12.1 Å². The van der Waals surface area contributed by atoms with E-state index in [0.717, 1.165) is 55.5 Å². The van der Waals surface area contributed by atoms with E-state index in [1.165, 1.54) is 0 Å². The van der Waals surface area contributed by atoms with E-state index in [1.807, 2.05) is 35.9 Å². The van der Waals surface area contributed by atoms with Crippen molar-refractivity contribution in [3.8, 4) is 0 Å². The van der Waals surface area contributed by atoms with Crippen molar-refractivity contribution in [2.45, 2.75) is 45.7 Å². The highest BCUT2D eigenvalue weighted by Crippen LogP contribution is 2.22. The minimum absolute atomic E-state index is 0.0158. The summed E-state index contributed by atoms with van der Waals surface area (Å²) in [6.45, 7) is 6.33. The fourth-order valence-electron chi connectivity index (χ4n) is 3.51. The van der Waals surface area contributed by atoms with E-state index in [-0.39, 0.29) is 11.9 Å². The lowest BCUT2D eigenvalue weighted by molar-refractivity contribution is 0.0827. The second-order valence-electron chi connectivity index (χ2n) is 7.49. The molecular weight excluding hydrogens is 366 g/mol. The molecule has 1 unspecified atom stereocenters. The van der Waals surface area contributed by atoms with Crippen LogP contribution >= 0.6 is 0 Å². The lowest BCUT2D eigenvalue weighted by Crippen LogP contribution is -2.41. The maximum absolute atomic E-state index is 12.2. The van der Waals surface area contributed by atoms with E-state index in [4.69, 9.17) is 4.99 Å². The minimum atomic E-state index is 0.0158. The van der Waals surface area contributed by atoms with E-state index in [1.54, 1.807) is 19.0 Å². The Kier molecular flexibility index (Phi) is 6.85. The van der Waals surface area contributed by atoms with E-state index < -0.39 is 0 Å². The highest BCUT2D eigenvalue weighted by atomic mass is 16.2. The minimum Gasteiger partial charge on any atom is -0.357 e. The van der Waals surface area contributed by atoms with Gasteiger partial charge < -0.3 is 15.5 Å². The van der Waals surface area contributed by atoms with Crippen LogP contribution in [-0.2, 0) is 13.0 Å². The molecule has 156 valence electrons. The Morgan fingerprint density at radius 3 is 2.97 bits per heavy atom. The van der Waals surface area contributed by atoms with Crippen LogP contribution < -0.4 is 10.6 Å². The zero-order chi connectivity index (χ0) is 20.8. The van der Waals surface area contributed by atoms with Gasteiger partial charge in [0.15, 0.2) is 5.96 Å². The number of guanidine groups is 1. The summed E-state index contributed by atoms with van der Waals surface area (Å²) in [5, 5.41) is 11.3. The third kappa shape index (κ3) is 5.34. The first-order chi connectivity index (χ1) is 14.0. The number of amides is 1. The molecule has 1 atom stereocenters. The summed E-state index contributed by atoms with van der Waals surface area (Å²) in [7, 11) is 3.53. The monoisotopic (exact) mass is 397 g/mol. The number of aliphatic imine (C=N–C) groups is 1. The summed E-state index contributed by atoms with van der Waals surface area (Å²) < 4.78 is 1.99. The van der Waals surface area contributed by atoms with Crippen LogP contribution in [0.15, 0.2) is 29.3 Å². The van der Waals surface area contributed by atoms with Gasteiger partial charge in [0.1, 0.15) is 11.6 Å². The number of hydrogen-bond acceptors (Lipinski definition) is 4. The predicted octanol–water partition coefficient (Wildman–Crippen LogP) is 1.92. The van der Waals surface area contributed by atoms with Crippen molar-refractivity contribution >= 4 is 11.9 Å². The normalized spacial score (nSPS) is 16.3. The number of nitrogens with zero attached hydrogens (tertiary/aromatic N) is 5. The van der Waals surface area contributed by atoms with Crippen molar-refractivity contribution in [3.63, 3.8) is 0 Å². The molecule has 1 aromatic heterocycles. The number of hydrogen-bond donors (Lipinski definition) is 2. The molecule has 8 heteroatoms. The summed E-state index contributed by atoms with van der Waals surface area (Å²) in [5.74, 6) is 2.59. The van der Waals surface area contributed by atoms with Gasteiger partial charge in [0.05, 0.1) is 6.04 Å². The largest absolute Gasteiger partial charge is 0.357 e. The molecule has 29 heavy (non-hydrogen) atoms. The van der Waals surface area contributed by atoms with Crippen molar-refractivity contribution in [2.75, 3.05) is 27.2 Å². The van der Waals surface area contributed by atoms with E-state index in [0.29, 0.717) is 12.1 Å². The van der Waals surface area contributed by atoms with Gasteiger partial charge in [-0.3, -0.25) is 9.79 Å². The van der Waals surface area contributed by atoms with Gasteiger partial charge >= 0.3 is 0 Å². The second-order valence-corrected chi connectivity index (χ2v) is 7.49. The molecular formula is C21H31N7O. The van der Waals surface area contributed by atoms with Crippen LogP contribution in [0.2, 0.25) is 0 Å². The first-order valence-corrected chi connectivity index (χ1v) is 10.2. The number of fused-ring (bicyclic) bond motifs is 1. The molecule has 2 heterocycles. The summed E-state index contributed by atoms with van der Waals surface area (Å²) in [6, 6.07) is 7.88. The molecule has 0 bridgehead atoms. The van der Waals surface area contributed by atoms with Crippen molar-refractivity contribution in [1.82, 2.24) is 30.3 Å². The Morgan fingerprint density at radius 1 is 1.38 bits per heavy atom. The van der Waals surface area contributed by atoms with Crippen LogP contribution in [0.25, 0.3) is 0 Å². The summed E-state index contributed by atoms with van der Waals surface area (Å²) in [4.78, 5) is 23.1. The predicted molar refractivity (Wildman–Crippen MR) is 114 cm³/mol. The smallest absolute Gasteiger partial charge is 0.253 e. The van der Waals surface area contributed by atoms with Gasteiger partial charge in [-0.05, 0) is 50.8 Å². The molecule has 0 saturated carbocycles. The number of rotatable bonds is 6. The van der Waals surface area contributed by atoms with Gasteiger partial charge in [0, 0.05) is 39.3 Å². The quantitative estimate of drug-likeness (QED) is 0.574. The Hall–Kier alpha value is -2.90. The molecule has 0 fully saturated rings. The van der Waals surface area contributed by atoms with Gasteiger partial charge in [0.25, 0.3) is 5.91 Å². The summed E-state index contributed by atoms with van der Waals surface area (Å²) >= 11 is 0. The standard InChI is InChI=1S/C21H31N7O/c1-5-22-21(25-18-10-7-13-28-19(18)24-15(2)26-28)23-12-11-16-8-6-9-17(14-16)20(29)27(3)4/h6,8-9,14,18H,5,7,10-13H2,1-4H3,(H2,22,23,25). The molecule has 0 saturated heterocycles. The van der Waals surface area contributed by atoms with E-state index in [2.05, 4.69) is 27.6 Å². The van der Waals surface area contributed by atoms with Crippen LogP contribution in [0.1, 0.15) is 53.4 Å². The van der Waals surface area contributed by atoms with Crippen LogP contribution in [0, 0.1) is 6.92 Å². The first-order valence-electron chi connectivity index (χ1n) is 10.2. The zero-order valence-electron chi connectivity index (χ0n) is 17.8. The number of carbonyl (C=O) groups is 1. The summed E-state index contributed by atoms with van der Waals surface area (Å²) in [5.41, 5.74) is 1.81. The van der Waals surface area contributed by atoms with Crippen molar-refractivity contribution in [1.29, 1.82) is 0 Å². The SMILES string of the molecule is CCNC(=NCCc1cccc(C(=O)N(C)C)c1)NC1CCCn2nc(C)nc21. The molecule has 1 amide bonds. The van der Waals surface area contributed by atoms with Gasteiger partial charge in [0.2, 0.25) is 0 Å². The van der Waals surface area contributed by atoms with Crippen LogP contribution in [-0.4, -0.2) is 58.7 Å². The van der Waals surface area contributed by atoms with Gasteiger partial charge in [-0.2, -0.15) is 5.10 Å². The second kappa shape index (κ2) is 9.54. The number of benzene rings is 1. The average Bonchev–Trinajstić information content (AvgIpc) is 3.09. The molecule has 1 aliphatic rings. The molecule has 2 N–H and O–H groups in total. The lowest BCUT2D eigenvalue weighted by atomic mass is 10.1. The number of aryl methyl sites for hydroxylation is 2. The number of nitrogens with one attached hydrogen (secondary N) is 2. The molecule has 8 nitrogen and oxygen atoms in total. The molecule has 0 radical (unpaired) electrons. The topological polar surface area (TPSA) is 87.4 Å². The maximum atomic E-state index is 12.2. The third-order valence-electron chi connectivity index (χ3n) is 4.89. The zero-order valence-corrected chi connectivity index (χ0v) is 17.8. The Bertz CT molecular complexity index is 872. The van der Waals surface area contributed by atoms with Crippen molar-refractivity contribution < 1.29 is 4.79 Å². The fourth-order valence-corrected chi connectivity index (χ4v) is 3.51. The Labute approximate surface area is 172 Å². The van der Waals surface area contributed by atoms with Crippen molar-refractivity contribution in [2.24, 2.45) is 4.99 Å². The Morgan fingerprint density at radius 2 is 2.21 bits per heavy atom. The van der Waals surface area contributed by atoms with Gasteiger partial charge in [-0.15, -0.1) is 0 Å². The molecule has 3 rings (SSSR count). The highest BCUT2D eigenvalue weighted by molar-refractivity contribution is 5.94. The van der Waals surface area contributed by atoms with Crippen LogP contribution in [0.3, 0.4) is 0 Å². The maximum Gasteiger partial charge on any atom is 0.253 e. The van der Waals surface area contributed by atoms with E-state index in [9.17, 15) is 4.79 Å². The number of aromatic nitrogens is 3.